The second kappa shape index (κ2) is 7.11. The topological polar surface area (TPSA) is 67.9 Å². The van der Waals surface area contributed by atoms with Gasteiger partial charge >= 0.3 is 0 Å². The molecule has 1 heterocycles. The number of rotatable bonds is 5. The molecule has 6 heteroatoms. The Labute approximate surface area is 143 Å². The number of carbonyl (C=O) groups is 2. The van der Waals surface area contributed by atoms with Crippen LogP contribution in [0.25, 0.3) is 0 Å². The van der Waals surface area contributed by atoms with Gasteiger partial charge in [-0.3, -0.25) is 9.59 Å². The molecule has 2 amide bonds. The van der Waals surface area contributed by atoms with Crippen LogP contribution in [0.4, 0.5) is 5.69 Å². The zero-order valence-corrected chi connectivity index (χ0v) is 15.0. The highest BCUT2D eigenvalue weighted by Gasteiger charge is 2.32. The molecule has 1 N–H and O–H groups in total. The van der Waals surface area contributed by atoms with Gasteiger partial charge in [-0.25, -0.2) is 0 Å². The van der Waals surface area contributed by atoms with Crippen LogP contribution in [-0.2, 0) is 9.59 Å². The van der Waals surface area contributed by atoms with Crippen molar-refractivity contribution in [2.24, 2.45) is 5.41 Å². The van der Waals surface area contributed by atoms with E-state index in [0.717, 1.165) is 5.69 Å². The number of nitrogens with zero attached hydrogens (tertiary/aromatic N) is 1. The Kier molecular flexibility index (Phi) is 5.36. The molecule has 0 aromatic heterocycles. The second-order valence-electron chi connectivity index (χ2n) is 7.25. The number of hydrogen-bond donors (Lipinski definition) is 1. The van der Waals surface area contributed by atoms with E-state index in [1.54, 1.807) is 31.3 Å². The quantitative estimate of drug-likeness (QED) is 0.897. The number of carbonyl (C=O) groups excluding carboxylic acids is 2. The third-order valence-corrected chi connectivity index (χ3v) is 3.86. The Morgan fingerprint density at radius 2 is 1.92 bits per heavy atom. The molecule has 0 radical (unpaired) electrons. The van der Waals surface area contributed by atoms with Gasteiger partial charge in [-0.2, -0.15) is 0 Å². The molecule has 0 spiro atoms. The molecule has 1 aromatic carbocycles. The number of benzene rings is 1. The van der Waals surface area contributed by atoms with Crippen LogP contribution in [0.5, 0.6) is 11.5 Å². The molecule has 2 rings (SSSR count). The van der Waals surface area contributed by atoms with E-state index in [1.165, 1.54) is 0 Å². The fraction of sp³-hybridized carbons (Fsp3) is 0.556. The van der Waals surface area contributed by atoms with Crippen molar-refractivity contribution in [1.29, 1.82) is 0 Å². The second-order valence-corrected chi connectivity index (χ2v) is 7.25. The van der Waals surface area contributed by atoms with Crippen molar-refractivity contribution in [1.82, 2.24) is 5.32 Å². The lowest BCUT2D eigenvalue weighted by Gasteiger charge is -2.21. The summed E-state index contributed by atoms with van der Waals surface area (Å²) in [6, 6.07) is 5.20. The largest absolute Gasteiger partial charge is 0.493 e. The normalized spacial score (nSPS) is 17.8. The molecule has 0 bridgehead atoms. The van der Waals surface area contributed by atoms with E-state index in [-0.39, 0.29) is 23.3 Å². The molecule has 0 aliphatic carbocycles. The van der Waals surface area contributed by atoms with Crippen LogP contribution in [0, 0.1) is 5.41 Å². The fourth-order valence-electron chi connectivity index (χ4n) is 2.81. The first-order valence-corrected chi connectivity index (χ1v) is 8.05. The van der Waals surface area contributed by atoms with Crippen molar-refractivity contribution in [2.45, 2.75) is 39.7 Å². The Bertz CT molecular complexity index is 622. The maximum Gasteiger partial charge on any atom is 0.229 e. The third kappa shape index (κ3) is 4.40. The minimum Gasteiger partial charge on any atom is -0.493 e. The Morgan fingerprint density at radius 3 is 2.50 bits per heavy atom. The van der Waals surface area contributed by atoms with E-state index in [2.05, 4.69) is 5.32 Å². The summed E-state index contributed by atoms with van der Waals surface area (Å²) in [5.41, 5.74) is 0.667. The number of ether oxygens (including phenoxy) is 2. The maximum absolute atomic E-state index is 12.3. The van der Waals surface area contributed by atoms with Crippen LogP contribution in [0.2, 0.25) is 0 Å². The van der Waals surface area contributed by atoms with E-state index >= 15 is 0 Å². The average molecular weight is 334 g/mol. The highest BCUT2D eigenvalue weighted by molar-refractivity contribution is 5.97. The molecule has 1 fully saturated rings. The number of nitrogens with one attached hydrogen (secondary N) is 1. The molecular weight excluding hydrogens is 308 g/mol. The summed E-state index contributed by atoms with van der Waals surface area (Å²) in [4.78, 5) is 26.1. The smallest absolute Gasteiger partial charge is 0.229 e. The molecule has 1 aliphatic heterocycles. The molecule has 1 saturated heterocycles. The van der Waals surface area contributed by atoms with Crippen molar-refractivity contribution in [3.8, 4) is 11.5 Å². The first-order valence-electron chi connectivity index (χ1n) is 8.05. The third-order valence-electron chi connectivity index (χ3n) is 3.86. The fourth-order valence-corrected chi connectivity index (χ4v) is 2.81. The van der Waals surface area contributed by atoms with Crippen molar-refractivity contribution in [3.63, 3.8) is 0 Å². The number of amides is 2. The number of anilines is 1. The molecule has 1 aliphatic rings. The van der Waals surface area contributed by atoms with Crippen LogP contribution >= 0.6 is 0 Å². The van der Waals surface area contributed by atoms with Crippen molar-refractivity contribution in [3.05, 3.63) is 18.2 Å². The van der Waals surface area contributed by atoms with E-state index in [0.29, 0.717) is 30.9 Å². The van der Waals surface area contributed by atoms with Gasteiger partial charge in [0, 0.05) is 31.1 Å². The predicted molar refractivity (Wildman–Crippen MR) is 92.5 cm³/mol. The SMILES string of the molecule is COc1ccc(N2CC(NC(=O)CC(C)(C)C)CC2=O)cc1OC. The summed E-state index contributed by atoms with van der Waals surface area (Å²) in [5.74, 6) is 1.16. The van der Waals surface area contributed by atoms with Crippen LogP contribution < -0.4 is 19.7 Å². The lowest BCUT2D eigenvalue weighted by atomic mass is 9.92. The average Bonchev–Trinajstić information content (AvgIpc) is 2.84. The van der Waals surface area contributed by atoms with Gasteiger partial charge in [0.25, 0.3) is 0 Å². The zero-order valence-electron chi connectivity index (χ0n) is 15.0. The highest BCUT2D eigenvalue weighted by Crippen LogP contribution is 2.33. The van der Waals surface area contributed by atoms with E-state index in [9.17, 15) is 9.59 Å². The van der Waals surface area contributed by atoms with Crippen LogP contribution in [-0.4, -0.2) is 38.6 Å². The lowest BCUT2D eigenvalue weighted by molar-refractivity contribution is -0.123. The predicted octanol–water partition coefficient (Wildman–Crippen LogP) is 2.36. The molecule has 6 nitrogen and oxygen atoms in total. The Hall–Kier alpha value is -2.24. The van der Waals surface area contributed by atoms with E-state index < -0.39 is 0 Å². The van der Waals surface area contributed by atoms with Gasteiger partial charge < -0.3 is 19.7 Å². The molecule has 1 aromatic rings. The summed E-state index contributed by atoms with van der Waals surface area (Å²) in [7, 11) is 3.13. The molecule has 1 atom stereocenters. The summed E-state index contributed by atoms with van der Waals surface area (Å²) < 4.78 is 10.5. The van der Waals surface area contributed by atoms with E-state index in [4.69, 9.17) is 9.47 Å². The van der Waals surface area contributed by atoms with Gasteiger partial charge in [0.05, 0.1) is 20.3 Å². The van der Waals surface area contributed by atoms with Crippen molar-refractivity contribution in [2.75, 3.05) is 25.7 Å². The Morgan fingerprint density at radius 1 is 1.25 bits per heavy atom. The van der Waals surface area contributed by atoms with Gasteiger partial charge in [-0.15, -0.1) is 0 Å². The Balaban J connectivity index is 2.06. The highest BCUT2D eigenvalue weighted by atomic mass is 16.5. The van der Waals surface area contributed by atoms with Gasteiger partial charge in [-0.05, 0) is 17.5 Å². The maximum atomic E-state index is 12.3. The molecule has 24 heavy (non-hydrogen) atoms. The van der Waals surface area contributed by atoms with Gasteiger partial charge in [-0.1, -0.05) is 20.8 Å². The van der Waals surface area contributed by atoms with Crippen molar-refractivity contribution < 1.29 is 19.1 Å². The van der Waals surface area contributed by atoms with Gasteiger partial charge in [0.1, 0.15) is 0 Å². The molecular formula is C18H26N2O4. The van der Waals surface area contributed by atoms with Crippen LogP contribution in [0.3, 0.4) is 0 Å². The lowest BCUT2D eigenvalue weighted by Crippen LogP contribution is -2.38. The first-order chi connectivity index (χ1) is 11.2. The van der Waals surface area contributed by atoms with Gasteiger partial charge in [0.15, 0.2) is 11.5 Å². The number of hydrogen-bond acceptors (Lipinski definition) is 4. The monoisotopic (exact) mass is 334 g/mol. The first kappa shape index (κ1) is 18.1. The molecule has 0 saturated carbocycles. The minimum atomic E-state index is -0.166. The molecule has 1 unspecified atom stereocenters. The summed E-state index contributed by atoms with van der Waals surface area (Å²) in [6.07, 6.45) is 0.748. The standard InChI is InChI=1S/C18H26N2O4/c1-18(2,3)10-16(21)19-12-8-17(22)20(11-12)13-6-7-14(23-4)15(9-13)24-5/h6-7,9,12H,8,10-11H2,1-5H3,(H,19,21). The zero-order chi connectivity index (χ0) is 17.9. The number of methoxy groups -OCH3 is 2. The van der Waals surface area contributed by atoms with Gasteiger partial charge in [0.2, 0.25) is 11.8 Å². The molecule has 132 valence electrons. The summed E-state index contributed by atoms with van der Waals surface area (Å²) in [5, 5.41) is 2.96. The van der Waals surface area contributed by atoms with Crippen LogP contribution in [0.15, 0.2) is 18.2 Å². The summed E-state index contributed by atoms with van der Waals surface area (Å²) in [6.45, 7) is 6.51. The summed E-state index contributed by atoms with van der Waals surface area (Å²) >= 11 is 0. The van der Waals surface area contributed by atoms with Crippen molar-refractivity contribution >= 4 is 17.5 Å². The van der Waals surface area contributed by atoms with E-state index in [1.807, 2.05) is 26.8 Å². The van der Waals surface area contributed by atoms with Crippen LogP contribution in [0.1, 0.15) is 33.6 Å². The minimum absolute atomic E-state index is 0.0109.